The van der Waals surface area contributed by atoms with E-state index in [1.54, 1.807) is 0 Å². The highest BCUT2D eigenvalue weighted by atomic mass is 16.5. The van der Waals surface area contributed by atoms with Crippen molar-refractivity contribution in [2.24, 2.45) is 11.8 Å². The molecule has 0 amide bonds. The molecular formula is C19H29NO. The molecule has 2 aliphatic rings. The monoisotopic (exact) mass is 287 g/mol. The molecule has 0 saturated heterocycles. The van der Waals surface area contributed by atoms with Gasteiger partial charge in [0.15, 0.2) is 0 Å². The minimum absolute atomic E-state index is 0.282. The van der Waals surface area contributed by atoms with Gasteiger partial charge in [-0.25, -0.2) is 0 Å². The molecule has 4 atom stereocenters. The normalized spacial score (nSPS) is 30.7. The Morgan fingerprint density at radius 3 is 2.95 bits per heavy atom. The number of benzene rings is 1. The lowest BCUT2D eigenvalue weighted by atomic mass is 9.76. The van der Waals surface area contributed by atoms with Gasteiger partial charge in [0.2, 0.25) is 0 Å². The molecule has 1 aromatic carbocycles. The Balaban J connectivity index is 1.70. The van der Waals surface area contributed by atoms with Crippen LogP contribution in [0.4, 0.5) is 0 Å². The predicted molar refractivity (Wildman–Crippen MR) is 87.4 cm³/mol. The summed E-state index contributed by atoms with van der Waals surface area (Å²) in [4.78, 5) is 0. The lowest BCUT2D eigenvalue weighted by molar-refractivity contribution is 0.0219. The maximum Gasteiger partial charge on any atom is 0.0842 e. The van der Waals surface area contributed by atoms with E-state index in [2.05, 4.69) is 43.6 Å². The Kier molecular flexibility index (Phi) is 4.97. The van der Waals surface area contributed by atoms with Crippen molar-refractivity contribution in [2.45, 2.75) is 57.6 Å². The summed E-state index contributed by atoms with van der Waals surface area (Å²) >= 11 is 0. The summed E-state index contributed by atoms with van der Waals surface area (Å²) in [5, 5.41) is 3.59. The Morgan fingerprint density at radius 1 is 1.29 bits per heavy atom. The summed E-state index contributed by atoms with van der Waals surface area (Å²) in [6.07, 6.45) is 8.03. The van der Waals surface area contributed by atoms with Gasteiger partial charge in [0.05, 0.1) is 12.7 Å². The summed E-state index contributed by atoms with van der Waals surface area (Å²) < 4.78 is 6.11. The summed E-state index contributed by atoms with van der Waals surface area (Å²) in [5.41, 5.74) is 2.91. The first-order valence-corrected chi connectivity index (χ1v) is 8.64. The highest BCUT2D eigenvalue weighted by Crippen LogP contribution is 2.36. The number of rotatable bonds is 4. The Morgan fingerprint density at radius 2 is 2.14 bits per heavy atom. The smallest absolute Gasteiger partial charge is 0.0842 e. The fraction of sp³-hybridized carbons (Fsp3) is 0.684. The van der Waals surface area contributed by atoms with Crippen LogP contribution in [-0.2, 0) is 11.2 Å². The number of ether oxygens (including phenoxy) is 1. The number of hydrogen-bond acceptors (Lipinski definition) is 2. The predicted octanol–water partition coefficient (Wildman–Crippen LogP) is 4.10. The van der Waals surface area contributed by atoms with Gasteiger partial charge in [-0.15, -0.1) is 0 Å². The Hall–Kier alpha value is -0.860. The van der Waals surface area contributed by atoms with Gasteiger partial charge in [-0.05, 0) is 55.7 Å². The summed E-state index contributed by atoms with van der Waals surface area (Å²) in [7, 11) is 2.12. The lowest BCUT2D eigenvalue weighted by Crippen LogP contribution is -2.38. The molecule has 0 aromatic heterocycles. The second-order valence-electron chi connectivity index (χ2n) is 6.97. The third kappa shape index (κ3) is 3.49. The van der Waals surface area contributed by atoms with E-state index in [4.69, 9.17) is 4.74 Å². The van der Waals surface area contributed by atoms with Crippen LogP contribution >= 0.6 is 0 Å². The van der Waals surface area contributed by atoms with E-state index < -0.39 is 0 Å². The molecular weight excluding hydrogens is 258 g/mol. The molecule has 0 radical (unpaired) electrons. The first kappa shape index (κ1) is 15.1. The third-order valence-electron chi connectivity index (χ3n) is 5.48. The van der Waals surface area contributed by atoms with E-state index in [-0.39, 0.29) is 6.10 Å². The van der Waals surface area contributed by atoms with Gasteiger partial charge in [-0.3, -0.25) is 0 Å². The Bertz CT molecular complexity index is 459. The summed E-state index contributed by atoms with van der Waals surface area (Å²) in [5.74, 6) is 1.70. The molecule has 1 aliphatic carbocycles. The van der Waals surface area contributed by atoms with Crippen molar-refractivity contribution in [1.29, 1.82) is 0 Å². The summed E-state index contributed by atoms with van der Waals surface area (Å²) in [6.45, 7) is 3.28. The molecule has 0 spiro atoms. The minimum atomic E-state index is 0.282. The molecule has 3 rings (SSSR count). The molecule has 1 fully saturated rings. The zero-order valence-electron chi connectivity index (χ0n) is 13.5. The van der Waals surface area contributed by atoms with Crippen LogP contribution in [0, 0.1) is 11.8 Å². The molecule has 4 unspecified atom stereocenters. The molecule has 1 N–H and O–H groups in total. The van der Waals surface area contributed by atoms with Gasteiger partial charge in [0, 0.05) is 6.04 Å². The van der Waals surface area contributed by atoms with E-state index in [1.165, 1.54) is 36.8 Å². The van der Waals surface area contributed by atoms with E-state index >= 15 is 0 Å². The fourth-order valence-electron chi connectivity index (χ4n) is 4.30. The van der Waals surface area contributed by atoms with Crippen LogP contribution in [0.5, 0.6) is 0 Å². The average molecular weight is 287 g/mol. The van der Waals surface area contributed by atoms with Gasteiger partial charge in [0.25, 0.3) is 0 Å². The van der Waals surface area contributed by atoms with Crippen molar-refractivity contribution >= 4 is 0 Å². The van der Waals surface area contributed by atoms with Crippen LogP contribution in [0.1, 0.15) is 56.3 Å². The standard InChI is InChI=1S/C19H29NO/c1-14-6-5-8-16(12-14)18(20-2)13-19-17-9-4-3-7-15(17)10-11-21-19/h3-4,7,9,14,16,18-20H,5-6,8,10-13H2,1-2H3. The molecule has 116 valence electrons. The molecule has 1 aliphatic heterocycles. The van der Waals surface area contributed by atoms with E-state index in [0.717, 1.165) is 31.3 Å². The van der Waals surface area contributed by atoms with Crippen LogP contribution in [-0.4, -0.2) is 19.7 Å². The molecule has 21 heavy (non-hydrogen) atoms. The number of fused-ring (bicyclic) bond motifs is 1. The molecule has 2 nitrogen and oxygen atoms in total. The van der Waals surface area contributed by atoms with Crippen LogP contribution in [0.2, 0.25) is 0 Å². The molecule has 1 heterocycles. The van der Waals surface area contributed by atoms with Crippen molar-refractivity contribution < 1.29 is 4.74 Å². The van der Waals surface area contributed by atoms with Gasteiger partial charge in [-0.1, -0.05) is 44.0 Å². The highest BCUT2D eigenvalue weighted by Gasteiger charge is 2.30. The molecule has 1 saturated carbocycles. The molecule has 1 aromatic rings. The zero-order chi connectivity index (χ0) is 14.7. The van der Waals surface area contributed by atoms with Crippen molar-refractivity contribution in [3.63, 3.8) is 0 Å². The number of hydrogen-bond donors (Lipinski definition) is 1. The largest absolute Gasteiger partial charge is 0.373 e. The van der Waals surface area contributed by atoms with Crippen molar-refractivity contribution in [1.82, 2.24) is 5.32 Å². The van der Waals surface area contributed by atoms with Gasteiger partial charge >= 0.3 is 0 Å². The van der Waals surface area contributed by atoms with E-state index in [0.29, 0.717) is 6.04 Å². The van der Waals surface area contributed by atoms with Gasteiger partial charge in [-0.2, -0.15) is 0 Å². The van der Waals surface area contributed by atoms with Gasteiger partial charge < -0.3 is 10.1 Å². The van der Waals surface area contributed by atoms with Crippen molar-refractivity contribution in [3.05, 3.63) is 35.4 Å². The average Bonchev–Trinajstić information content (AvgIpc) is 2.52. The second kappa shape index (κ2) is 6.93. The van der Waals surface area contributed by atoms with Crippen molar-refractivity contribution in [2.75, 3.05) is 13.7 Å². The Labute approximate surface area is 129 Å². The van der Waals surface area contributed by atoms with Crippen molar-refractivity contribution in [3.8, 4) is 0 Å². The summed E-state index contributed by atoms with van der Waals surface area (Å²) in [6, 6.07) is 9.41. The first-order chi connectivity index (χ1) is 10.3. The van der Waals surface area contributed by atoms with E-state index in [9.17, 15) is 0 Å². The fourth-order valence-corrected chi connectivity index (χ4v) is 4.30. The molecule has 0 bridgehead atoms. The number of nitrogens with one attached hydrogen (secondary N) is 1. The van der Waals surface area contributed by atoms with Crippen LogP contribution < -0.4 is 5.32 Å². The molecule has 2 heteroatoms. The maximum absolute atomic E-state index is 6.11. The van der Waals surface area contributed by atoms with Crippen LogP contribution in [0.25, 0.3) is 0 Å². The topological polar surface area (TPSA) is 21.3 Å². The zero-order valence-corrected chi connectivity index (χ0v) is 13.5. The first-order valence-electron chi connectivity index (χ1n) is 8.64. The SMILES string of the molecule is CNC(CC1OCCc2ccccc21)C1CCCC(C)C1. The minimum Gasteiger partial charge on any atom is -0.373 e. The van der Waals surface area contributed by atoms with Gasteiger partial charge in [0.1, 0.15) is 0 Å². The third-order valence-corrected chi connectivity index (χ3v) is 5.48. The van der Waals surface area contributed by atoms with E-state index in [1.807, 2.05) is 0 Å². The highest BCUT2D eigenvalue weighted by molar-refractivity contribution is 5.31. The second-order valence-corrected chi connectivity index (χ2v) is 6.97. The van der Waals surface area contributed by atoms with Crippen LogP contribution in [0.15, 0.2) is 24.3 Å². The lowest BCUT2D eigenvalue weighted by Gasteiger charge is -2.36. The quantitative estimate of drug-likeness (QED) is 0.900. The van der Waals surface area contributed by atoms with Crippen LogP contribution in [0.3, 0.4) is 0 Å². The maximum atomic E-state index is 6.11.